The number of aryl methyl sites for hydroxylation is 2. The predicted octanol–water partition coefficient (Wildman–Crippen LogP) is 8.89. The van der Waals surface area contributed by atoms with Crippen molar-refractivity contribution in [1.29, 1.82) is 5.41 Å². The van der Waals surface area contributed by atoms with E-state index in [1.807, 2.05) is 83.1 Å². The number of allylic oxidation sites excluding steroid dienone is 4. The number of nitrogens with zero attached hydrogens (tertiary/aromatic N) is 6. The number of pyridine rings is 1. The maximum Gasteiger partial charge on any atom is 0.328 e. The zero-order valence-corrected chi connectivity index (χ0v) is 55.3. The molecule has 23 nitrogen and oxygen atoms in total. The number of nitrogens with one attached hydrogen (secondary N) is 5. The van der Waals surface area contributed by atoms with Crippen LogP contribution in [0.15, 0.2) is 111 Å². The van der Waals surface area contributed by atoms with Gasteiger partial charge in [0.1, 0.15) is 23.1 Å². The second-order valence-electron chi connectivity index (χ2n) is 23.5. The van der Waals surface area contributed by atoms with Gasteiger partial charge in [0.15, 0.2) is 28.8 Å². The summed E-state index contributed by atoms with van der Waals surface area (Å²) in [5.41, 5.74) is 6.64. The van der Waals surface area contributed by atoms with Crippen LogP contribution in [0.1, 0.15) is 95.5 Å². The average Bonchev–Trinajstić information content (AvgIpc) is 1.65. The molecule has 0 bridgehead atoms. The van der Waals surface area contributed by atoms with Crippen LogP contribution < -0.4 is 54.9 Å². The van der Waals surface area contributed by atoms with Crippen LogP contribution in [0.2, 0.25) is 0 Å². The summed E-state index contributed by atoms with van der Waals surface area (Å²) >= 11 is 0. The van der Waals surface area contributed by atoms with Crippen molar-refractivity contribution in [1.82, 2.24) is 34.6 Å². The summed E-state index contributed by atoms with van der Waals surface area (Å²) in [5, 5.41) is 17.5. The monoisotopic (exact) mass is 1280 g/mol. The van der Waals surface area contributed by atoms with Gasteiger partial charge in [0.05, 0.1) is 55.6 Å². The smallest absolute Gasteiger partial charge is 0.328 e. The van der Waals surface area contributed by atoms with Gasteiger partial charge in [-0.25, -0.2) is 18.2 Å². The third-order valence-electron chi connectivity index (χ3n) is 16.0. The summed E-state index contributed by atoms with van der Waals surface area (Å²) in [4.78, 5) is 76.5. The number of carbonyl (C=O) groups excluding carboxylic acids is 4. The van der Waals surface area contributed by atoms with Gasteiger partial charge in [-0.3, -0.25) is 42.8 Å². The molecule has 24 heteroatoms. The average molecular weight is 1280 g/mol. The van der Waals surface area contributed by atoms with Crippen LogP contribution in [-0.2, 0) is 38.5 Å². The number of ketones is 2. The molecule has 92 heavy (non-hydrogen) atoms. The molecule has 2 aliphatic rings. The maximum atomic E-state index is 13.9. The van der Waals surface area contributed by atoms with Crippen LogP contribution in [0.25, 0.3) is 22.2 Å². The number of ether oxygens (including phenoxy) is 5. The molecule has 8 rings (SSSR count). The molecular formula is C68H87N11O12S. The lowest BCUT2D eigenvalue weighted by Gasteiger charge is -2.35. The van der Waals surface area contributed by atoms with E-state index in [4.69, 9.17) is 34.1 Å². The maximum absolute atomic E-state index is 13.9. The van der Waals surface area contributed by atoms with Gasteiger partial charge in [0.25, 0.3) is 10.0 Å². The van der Waals surface area contributed by atoms with Crippen molar-refractivity contribution in [2.45, 2.75) is 90.5 Å². The minimum Gasteiger partial charge on any atom is -0.493 e. The molecule has 6 aromatic rings. The number of rotatable bonds is 33. The first-order valence-corrected chi connectivity index (χ1v) is 32.6. The van der Waals surface area contributed by atoms with Crippen molar-refractivity contribution < 1.29 is 51.3 Å². The van der Waals surface area contributed by atoms with Gasteiger partial charge in [-0.15, -0.1) is 0 Å². The molecule has 1 aliphatic heterocycles. The Balaban J connectivity index is 0.748. The second kappa shape index (κ2) is 31.8. The van der Waals surface area contributed by atoms with Gasteiger partial charge in [-0.1, -0.05) is 18.6 Å². The number of carbonyl (C=O) groups is 4. The lowest BCUT2D eigenvalue weighted by Crippen LogP contribution is -2.48. The number of piperazine rings is 1. The van der Waals surface area contributed by atoms with Crippen LogP contribution in [0.5, 0.6) is 34.5 Å². The van der Waals surface area contributed by atoms with E-state index in [-0.39, 0.29) is 83.1 Å². The minimum atomic E-state index is -4.23. The number of sulfonamides is 1. The number of benzene rings is 4. The lowest BCUT2D eigenvalue weighted by molar-refractivity contribution is -0.123. The quantitative estimate of drug-likeness (QED) is 0.0146. The first kappa shape index (κ1) is 68.9. The number of fused-ring (bicyclic) bond motifs is 1. The van der Waals surface area contributed by atoms with Crippen molar-refractivity contribution in [2.75, 3.05) is 108 Å². The molecular weight excluding hydrogens is 1190 g/mol. The summed E-state index contributed by atoms with van der Waals surface area (Å²) < 4.78 is 62.6. The molecule has 3 heterocycles. The fourth-order valence-corrected chi connectivity index (χ4v) is 12.3. The largest absolute Gasteiger partial charge is 0.493 e. The lowest BCUT2D eigenvalue weighted by atomic mass is 9.88. The summed E-state index contributed by atoms with van der Waals surface area (Å²) in [6, 6.07) is 20.3. The number of anilines is 3. The van der Waals surface area contributed by atoms with Crippen molar-refractivity contribution in [3.05, 3.63) is 123 Å². The van der Waals surface area contributed by atoms with Gasteiger partial charge in [0.2, 0.25) is 11.8 Å². The Hall–Kier alpha value is -9.00. The Bertz CT molecular complexity index is 3900. The van der Waals surface area contributed by atoms with Gasteiger partial charge < -0.3 is 49.9 Å². The number of amides is 2. The standard InChI is InChI=1S/C68H87N11O12S/c1-11-29-89-49-35-50(37-51(36-49)91-63-40-59-58(76(7)68(84)77(59)8)39-57(63)74-92(85,86)52-15-18-62(87-9)64(38-52)88-10)90-30-13-12-23-75(6)43-67(83)70-21-20-66(82)71-22-24-78-25-27-79(28-26-78)65-19-14-47(42-72-65)48-33-54(55(41-69)56(34-48)73-44(2)3)60(80)17-16-53-46(5)31-45(4)32-61(53)81/h14-15,18-19,31,33-42,44,69,73-74H,11-13,16-17,20-30,32,43H2,1-10H3,(H,70,83)(H,71,82). The molecule has 2 amide bonds. The molecule has 1 fully saturated rings. The summed E-state index contributed by atoms with van der Waals surface area (Å²) in [6.45, 7) is 15.8. The van der Waals surface area contributed by atoms with E-state index in [0.717, 1.165) is 67.1 Å². The number of imidazole rings is 1. The summed E-state index contributed by atoms with van der Waals surface area (Å²) in [6.07, 6.45) is 8.20. The topological polar surface area (TPSA) is 270 Å². The first-order valence-electron chi connectivity index (χ1n) is 31.1. The van der Waals surface area contributed by atoms with Crippen LogP contribution >= 0.6 is 0 Å². The number of unbranched alkanes of at least 4 members (excludes halogenated alkanes) is 1. The van der Waals surface area contributed by atoms with Crippen LogP contribution in [0.4, 0.5) is 17.2 Å². The Morgan fingerprint density at radius 2 is 1.47 bits per heavy atom. The highest BCUT2D eigenvalue weighted by molar-refractivity contribution is 7.92. The summed E-state index contributed by atoms with van der Waals surface area (Å²) in [7, 11) is 3.71. The highest BCUT2D eigenvalue weighted by atomic mass is 32.2. The Labute approximate surface area is 538 Å². The van der Waals surface area contributed by atoms with E-state index in [9.17, 15) is 32.4 Å². The normalized spacial score (nSPS) is 13.7. The molecule has 0 saturated carbocycles. The molecule has 0 unspecified atom stereocenters. The van der Waals surface area contributed by atoms with Gasteiger partial charge in [-0.2, -0.15) is 0 Å². The number of likely N-dealkylation sites (N-methyl/N-ethyl adjacent to an activating group) is 1. The molecule has 4 aromatic carbocycles. The number of methoxy groups -OCH3 is 2. The number of Topliss-reactive ketones (excluding diaryl/α,β-unsaturated/α-hetero) is 2. The minimum absolute atomic E-state index is 0.0565. The SMILES string of the molecule is CCCOc1cc(OCCCCN(C)CC(=O)NCCC(=O)NCCN2CCN(c3ccc(-c4cc(NC(C)C)c(C=N)c(C(=O)CCC5=C(C)C=C(C)CC5=O)c4)cn3)CC2)cc(Oc2cc3c(cc2NS(=O)(=O)c2ccc(OC)c(OC)c2)n(C)c(=O)n3C)c1. The van der Waals surface area contributed by atoms with E-state index in [2.05, 4.69) is 30.5 Å². The molecule has 492 valence electrons. The number of hydrogen-bond donors (Lipinski definition) is 5. The highest BCUT2D eigenvalue weighted by Crippen LogP contribution is 2.39. The molecule has 2 aromatic heterocycles. The molecule has 0 atom stereocenters. The van der Waals surface area contributed by atoms with E-state index in [1.54, 1.807) is 44.4 Å². The summed E-state index contributed by atoms with van der Waals surface area (Å²) in [5.74, 6) is 2.37. The molecule has 1 saturated heterocycles. The molecule has 0 spiro atoms. The zero-order chi connectivity index (χ0) is 66.2. The van der Waals surface area contributed by atoms with E-state index < -0.39 is 10.0 Å². The van der Waals surface area contributed by atoms with Crippen molar-refractivity contribution in [3.63, 3.8) is 0 Å². The molecule has 5 N–H and O–H groups in total. The number of hydrogen-bond acceptors (Lipinski definition) is 18. The van der Waals surface area contributed by atoms with Crippen molar-refractivity contribution in [2.24, 2.45) is 14.1 Å². The van der Waals surface area contributed by atoms with Crippen LogP contribution in [-0.4, -0.2) is 161 Å². The Kier molecular flexibility index (Phi) is 23.8. The van der Waals surface area contributed by atoms with Gasteiger partial charge in [-0.05, 0) is 126 Å². The molecule has 1 aliphatic carbocycles. The Morgan fingerprint density at radius 1 is 0.772 bits per heavy atom. The van der Waals surface area contributed by atoms with E-state index in [0.29, 0.717) is 109 Å². The number of aromatic nitrogens is 3. The molecule has 0 radical (unpaired) electrons. The highest BCUT2D eigenvalue weighted by Gasteiger charge is 2.26. The van der Waals surface area contributed by atoms with Crippen LogP contribution in [0, 0.1) is 5.41 Å². The predicted molar refractivity (Wildman–Crippen MR) is 358 cm³/mol. The van der Waals surface area contributed by atoms with Crippen molar-refractivity contribution in [3.8, 4) is 45.6 Å². The fraction of sp³-hybridized carbons (Fsp3) is 0.426. The third kappa shape index (κ3) is 17.9. The van der Waals surface area contributed by atoms with Crippen molar-refractivity contribution >= 4 is 67.8 Å². The van der Waals surface area contributed by atoms with E-state index >= 15 is 0 Å². The second-order valence-corrected chi connectivity index (χ2v) is 25.2. The zero-order valence-electron chi connectivity index (χ0n) is 54.5. The third-order valence-corrected chi connectivity index (χ3v) is 17.4. The fourth-order valence-electron chi connectivity index (χ4n) is 11.2. The van der Waals surface area contributed by atoms with E-state index in [1.165, 1.54) is 47.8 Å². The Morgan fingerprint density at radius 3 is 2.13 bits per heavy atom. The van der Waals surface area contributed by atoms with Gasteiger partial charge >= 0.3 is 5.69 Å². The van der Waals surface area contributed by atoms with Gasteiger partial charge in [0, 0.05) is 150 Å². The first-order chi connectivity index (χ1) is 44.1. The van der Waals surface area contributed by atoms with Crippen LogP contribution in [0.3, 0.4) is 0 Å².